The fraction of sp³-hybridized carbons (Fsp3) is 0.429. The lowest BCUT2D eigenvalue weighted by atomic mass is 10.0. The lowest BCUT2D eigenvalue weighted by Crippen LogP contribution is -3.16. The van der Waals surface area contributed by atoms with Crippen LogP contribution in [0.2, 0.25) is 0 Å². The molecule has 3 rings (SSSR count). The number of anilines is 1. The monoisotopic (exact) mass is 354 g/mol. The third kappa shape index (κ3) is 5.05. The number of aromatic amines is 1. The van der Waals surface area contributed by atoms with Crippen molar-refractivity contribution in [3.63, 3.8) is 0 Å². The van der Waals surface area contributed by atoms with Gasteiger partial charge in [0.1, 0.15) is 26.2 Å². The van der Waals surface area contributed by atoms with E-state index < -0.39 is 0 Å². The third-order valence-electron chi connectivity index (χ3n) is 5.03. The summed E-state index contributed by atoms with van der Waals surface area (Å²) in [6, 6.07) is 16.6. The zero-order valence-corrected chi connectivity index (χ0v) is 15.6. The highest BCUT2D eigenvalue weighted by molar-refractivity contribution is 5.77. The van der Waals surface area contributed by atoms with Crippen LogP contribution in [0.25, 0.3) is 0 Å². The van der Waals surface area contributed by atoms with E-state index in [1.165, 1.54) is 10.5 Å². The van der Waals surface area contributed by atoms with Crippen LogP contribution < -0.4 is 20.1 Å². The molecule has 1 fully saturated rings. The number of pyridine rings is 1. The molecule has 0 bridgehead atoms. The van der Waals surface area contributed by atoms with Gasteiger partial charge in [-0.2, -0.15) is 0 Å². The topological polar surface area (TPSA) is 50.9 Å². The van der Waals surface area contributed by atoms with Gasteiger partial charge in [0.25, 0.3) is 11.7 Å². The lowest BCUT2D eigenvalue weighted by Gasteiger charge is -2.28. The van der Waals surface area contributed by atoms with Crippen LogP contribution in [0.15, 0.2) is 54.7 Å². The predicted octanol–water partition coefficient (Wildman–Crippen LogP) is 0.863. The summed E-state index contributed by atoms with van der Waals surface area (Å²) in [6.07, 6.45) is 3.99. The van der Waals surface area contributed by atoms with Gasteiger partial charge in [-0.3, -0.25) is 9.69 Å². The van der Waals surface area contributed by atoms with E-state index in [4.69, 9.17) is 0 Å². The predicted molar refractivity (Wildman–Crippen MR) is 103 cm³/mol. The minimum absolute atomic E-state index is 0.119. The molecule has 0 radical (unpaired) electrons. The molecule has 138 valence electrons. The van der Waals surface area contributed by atoms with Crippen molar-refractivity contribution in [2.24, 2.45) is 0 Å². The highest BCUT2D eigenvalue weighted by Gasteiger charge is 2.27. The van der Waals surface area contributed by atoms with Crippen molar-refractivity contribution >= 4 is 11.7 Å². The number of carbonyl (C=O) groups is 1. The van der Waals surface area contributed by atoms with E-state index in [2.05, 4.69) is 46.4 Å². The van der Waals surface area contributed by atoms with Gasteiger partial charge in [0.05, 0.1) is 12.2 Å². The molecule has 0 spiro atoms. The fourth-order valence-corrected chi connectivity index (χ4v) is 3.59. The van der Waals surface area contributed by atoms with Crippen LogP contribution in [0.5, 0.6) is 0 Å². The Morgan fingerprint density at radius 3 is 2.54 bits per heavy atom. The molecule has 1 saturated heterocycles. The summed E-state index contributed by atoms with van der Waals surface area (Å²) in [6.45, 7) is 6.63. The van der Waals surface area contributed by atoms with Crippen LogP contribution in [-0.4, -0.2) is 38.6 Å². The van der Waals surface area contributed by atoms with Crippen molar-refractivity contribution < 1.29 is 14.7 Å². The fourth-order valence-electron chi connectivity index (χ4n) is 3.59. The van der Waals surface area contributed by atoms with Crippen LogP contribution in [0.4, 0.5) is 5.82 Å². The van der Waals surface area contributed by atoms with E-state index in [0.29, 0.717) is 6.54 Å². The summed E-state index contributed by atoms with van der Waals surface area (Å²) < 4.78 is 0. The van der Waals surface area contributed by atoms with Crippen molar-refractivity contribution in [1.29, 1.82) is 0 Å². The number of benzene rings is 1. The van der Waals surface area contributed by atoms with E-state index in [9.17, 15) is 4.79 Å². The molecule has 1 aromatic heterocycles. The molecule has 0 aliphatic carbocycles. The second-order valence-corrected chi connectivity index (χ2v) is 6.98. The van der Waals surface area contributed by atoms with Gasteiger partial charge in [0, 0.05) is 6.07 Å². The van der Waals surface area contributed by atoms with Gasteiger partial charge in [-0.1, -0.05) is 49.7 Å². The minimum Gasteiger partial charge on any atom is -0.344 e. The Balaban J connectivity index is 1.49. The second kappa shape index (κ2) is 9.34. The number of quaternary nitrogens is 1. The van der Waals surface area contributed by atoms with Gasteiger partial charge in [-0.15, -0.1) is 0 Å². The van der Waals surface area contributed by atoms with Gasteiger partial charge in [-0.25, -0.2) is 4.98 Å². The number of rotatable bonds is 7. The second-order valence-electron chi connectivity index (χ2n) is 6.98. The zero-order valence-electron chi connectivity index (χ0n) is 15.6. The Kier molecular flexibility index (Phi) is 6.61. The van der Waals surface area contributed by atoms with E-state index >= 15 is 0 Å². The first-order valence-corrected chi connectivity index (χ1v) is 9.66. The van der Waals surface area contributed by atoms with Crippen LogP contribution in [0, 0.1) is 0 Å². The van der Waals surface area contributed by atoms with Crippen molar-refractivity contribution in [2.45, 2.75) is 25.8 Å². The van der Waals surface area contributed by atoms with E-state index in [1.807, 2.05) is 30.5 Å². The Morgan fingerprint density at radius 1 is 1.15 bits per heavy atom. The molecule has 0 unspecified atom stereocenters. The highest BCUT2D eigenvalue weighted by Crippen LogP contribution is 2.17. The number of hydrogen-bond donors (Lipinski definition) is 2. The lowest BCUT2D eigenvalue weighted by molar-refractivity contribution is -0.892. The Bertz CT molecular complexity index is 669. The van der Waals surface area contributed by atoms with Crippen molar-refractivity contribution in [2.75, 3.05) is 37.6 Å². The number of piperazine rings is 1. The minimum atomic E-state index is 0.119. The number of aromatic nitrogens is 1. The molecule has 26 heavy (non-hydrogen) atoms. The van der Waals surface area contributed by atoms with Crippen molar-refractivity contribution in [3.05, 3.63) is 60.3 Å². The molecule has 0 saturated carbocycles. The molecule has 2 aromatic rings. The molecule has 1 atom stereocenters. The molecule has 5 nitrogen and oxygen atoms in total. The number of nitrogens with one attached hydrogen (secondary N) is 3. The highest BCUT2D eigenvalue weighted by atomic mass is 16.2. The first kappa shape index (κ1) is 18.4. The van der Waals surface area contributed by atoms with E-state index in [-0.39, 0.29) is 11.9 Å². The molecule has 1 amide bonds. The molecule has 1 aliphatic heterocycles. The molecular formula is C21H30N4O+2. The Morgan fingerprint density at radius 2 is 1.88 bits per heavy atom. The standard InChI is InChI=1S/C21H28N4O/c1-2-8-19(18-9-4-3-5-10-18)23-21(26)17-24-13-15-25(16-14-24)20-11-6-7-12-22-20/h3-7,9-12,19H,2,8,13-17H2,1H3,(H,23,26)/p+2/t19-/m0/s1. The zero-order chi connectivity index (χ0) is 18.2. The Labute approximate surface area is 156 Å². The van der Waals surface area contributed by atoms with Gasteiger partial charge in [0.15, 0.2) is 6.54 Å². The van der Waals surface area contributed by atoms with Gasteiger partial charge in [0.2, 0.25) is 0 Å². The number of amides is 1. The number of H-pyrrole nitrogens is 1. The molecule has 1 aromatic carbocycles. The normalized spacial score (nSPS) is 16.3. The van der Waals surface area contributed by atoms with Crippen molar-refractivity contribution in [3.8, 4) is 0 Å². The molecule has 1 aliphatic rings. The average Bonchev–Trinajstić information content (AvgIpc) is 2.69. The number of carbonyl (C=O) groups excluding carboxylic acids is 1. The summed E-state index contributed by atoms with van der Waals surface area (Å²) in [4.78, 5) is 19.6. The molecule has 5 heteroatoms. The average molecular weight is 354 g/mol. The smallest absolute Gasteiger partial charge is 0.275 e. The first-order valence-electron chi connectivity index (χ1n) is 9.66. The van der Waals surface area contributed by atoms with Crippen LogP contribution >= 0.6 is 0 Å². The molecule has 3 N–H and O–H groups in total. The van der Waals surface area contributed by atoms with Crippen LogP contribution in [0.3, 0.4) is 0 Å². The summed E-state index contributed by atoms with van der Waals surface area (Å²) in [5, 5.41) is 3.24. The maximum atomic E-state index is 12.6. The SMILES string of the molecule is CCC[C@H](NC(=O)C[NH+]1CCN(c2cccc[nH+]2)CC1)c1ccccc1. The summed E-state index contributed by atoms with van der Waals surface area (Å²) in [5.41, 5.74) is 1.20. The maximum Gasteiger partial charge on any atom is 0.275 e. The van der Waals surface area contributed by atoms with E-state index in [0.717, 1.165) is 44.8 Å². The summed E-state index contributed by atoms with van der Waals surface area (Å²) >= 11 is 0. The van der Waals surface area contributed by atoms with E-state index in [1.54, 1.807) is 0 Å². The number of hydrogen-bond acceptors (Lipinski definition) is 2. The largest absolute Gasteiger partial charge is 0.344 e. The van der Waals surface area contributed by atoms with Crippen molar-refractivity contribution in [1.82, 2.24) is 5.32 Å². The summed E-state index contributed by atoms with van der Waals surface area (Å²) in [7, 11) is 0. The molecular weight excluding hydrogens is 324 g/mol. The van der Waals surface area contributed by atoms with Gasteiger partial charge >= 0.3 is 0 Å². The van der Waals surface area contributed by atoms with Crippen LogP contribution in [-0.2, 0) is 4.79 Å². The Hall–Kier alpha value is -2.40. The first-order chi connectivity index (χ1) is 12.8. The summed E-state index contributed by atoms with van der Waals surface area (Å²) in [5.74, 6) is 1.31. The third-order valence-corrected chi connectivity index (χ3v) is 5.03. The maximum absolute atomic E-state index is 12.6. The quantitative estimate of drug-likeness (QED) is 0.775. The van der Waals surface area contributed by atoms with Gasteiger partial charge < -0.3 is 10.2 Å². The molecule has 2 heterocycles. The number of nitrogens with zero attached hydrogens (tertiary/aromatic N) is 1. The van der Waals surface area contributed by atoms with Gasteiger partial charge in [-0.05, 0) is 18.1 Å². The van der Waals surface area contributed by atoms with Crippen LogP contribution in [0.1, 0.15) is 31.4 Å².